The smallest absolute Gasteiger partial charge is 0.128 e. The summed E-state index contributed by atoms with van der Waals surface area (Å²) < 4.78 is 12.4. The molecule has 0 spiro atoms. The quantitative estimate of drug-likeness (QED) is 0.846. The molecular weight excluding hydrogens is 262 g/mol. The second kappa shape index (κ2) is 6.69. The van der Waals surface area contributed by atoms with Gasteiger partial charge in [-0.1, -0.05) is 33.8 Å². The molecule has 3 nitrogen and oxygen atoms in total. The summed E-state index contributed by atoms with van der Waals surface area (Å²) in [6.07, 6.45) is 3.04. The molecule has 3 heteroatoms. The molecule has 1 aromatic carbocycles. The number of nitrogens with one attached hydrogen (secondary N) is 1. The molecule has 0 saturated carbocycles. The predicted molar refractivity (Wildman–Crippen MR) is 87.1 cm³/mol. The molecular formula is C18H29NO2. The first-order valence-electron chi connectivity index (χ1n) is 8.17. The summed E-state index contributed by atoms with van der Waals surface area (Å²) in [5.74, 6) is 2.45. The summed E-state index contributed by atoms with van der Waals surface area (Å²) in [5, 5.41) is 3.45. The summed E-state index contributed by atoms with van der Waals surface area (Å²) in [6.45, 7) is 9.49. The van der Waals surface area contributed by atoms with Crippen molar-refractivity contribution in [3.63, 3.8) is 0 Å². The van der Waals surface area contributed by atoms with Gasteiger partial charge in [0.2, 0.25) is 0 Å². The Labute approximate surface area is 129 Å². The molecule has 1 unspecified atom stereocenters. The Balaban J connectivity index is 2.36. The summed E-state index contributed by atoms with van der Waals surface area (Å²) in [7, 11) is 2.02. The third-order valence-corrected chi connectivity index (χ3v) is 4.49. The minimum Gasteiger partial charge on any atom is -0.493 e. The summed E-state index contributed by atoms with van der Waals surface area (Å²) in [5.41, 5.74) is 1.12. The van der Waals surface area contributed by atoms with Gasteiger partial charge in [-0.2, -0.15) is 0 Å². The maximum absolute atomic E-state index is 6.38. The predicted octanol–water partition coefficient (Wildman–Crippen LogP) is 4.32. The highest BCUT2D eigenvalue weighted by atomic mass is 16.5. The lowest BCUT2D eigenvalue weighted by Crippen LogP contribution is -2.42. The zero-order chi connectivity index (χ0) is 15.5. The molecule has 1 aliphatic heterocycles. The van der Waals surface area contributed by atoms with Gasteiger partial charge >= 0.3 is 0 Å². The molecule has 2 rings (SSSR count). The molecule has 0 amide bonds. The van der Waals surface area contributed by atoms with Crippen LogP contribution in [0.15, 0.2) is 18.2 Å². The summed E-state index contributed by atoms with van der Waals surface area (Å²) >= 11 is 0. The minimum atomic E-state index is -0.0582. The van der Waals surface area contributed by atoms with Gasteiger partial charge in [-0.15, -0.1) is 0 Å². The van der Waals surface area contributed by atoms with E-state index in [-0.39, 0.29) is 11.6 Å². The lowest BCUT2D eigenvalue weighted by Gasteiger charge is -2.42. The third kappa shape index (κ3) is 3.34. The molecule has 0 bridgehead atoms. The summed E-state index contributed by atoms with van der Waals surface area (Å²) in [4.78, 5) is 0. The van der Waals surface area contributed by atoms with Crippen LogP contribution in [0.1, 0.15) is 58.6 Å². The van der Waals surface area contributed by atoms with E-state index >= 15 is 0 Å². The van der Waals surface area contributed by atoms with Crippen molar-refractivity contribution in [2.75, 3.05) is 13.7 Å². The Bertz CT molecular complexity index is 466. The largest absolute Gasteiger partial charge is 0.493 e. The average molecular weight is 291 g/mol. The van der Waals surface area contributed by atoms with Gasteiger partial charge in [-0.05, 0) is 37.9 Å². The number of hydrogen-bond acceptors (Lipinski definition) is 3. The molecule has 1 N–H and O–H groups in total. The van der Waals surface area contributed by atoms with Crippen molar-refractivity contribution in [1.29, 1.82) is 0 Å². The van der Waals surface area contributed by atoms with E-state index in [0.717, 1.165) is 37.4 Å². The van der Waals surface area contributed by atoms with E-state index in [1.165, 1.54) is 5.56 Å². The van der Waals surface area contributed by atoms with Crippen LogP contribution in [0.5, 0.6) is 11.5 Å². The Morgan fingerprint density at radius 3 is 2.62 bits per heavy atom. The molecule has 0 aliphatic carbocycles. The standard InChI is InChI=1S/C18H29NO2/c1-6-18(7-2)11-14(19-5)17-15(20-12-13(3)4)9-8-10-16(17)21-18/h8-10,13-14,19H,6-7,11-12H2,1-5H3. The van der Waals surface area contributed by atoms with Crippen LogP contribution in [-0.4, -0.2) is 19.3 Å². The molecule has 0 saturated heterocycles. The monoisotopic (exact) mass is 291 g/mol. The van der Waals surface area contributed by atoms with Crippen molar-refractivity contribution in [3.05, 3.63) is 23.8 Å². The highest BCUT2D eigenvalue weighted by Crippen LogP contribution is 2.46. The molecule has 118 valence electrons. The fourth-order valence-electron chi connectivity index (χ4n) is 3.02. The maximum Gasteiger partial charge on any atom is 0.128 e. The van der Waals surface area contributed by atoms with Crippen molar-refractivity contribution >= 4 is 0 Å². The molecule has 0 fully saturated rings. The van der Waals surface area contributed by atoms with E-state index in [1.54, 1.807) is 0 Å². The van der Waals surface area contributed by atoms with E-state index < -0.39 is 0 Å². The molecule has 1 aromatic rings. The van der Waals surface area contributed by atoms with Crippen LogP contribution < -0.4 is 14.8 Å². The third-order valence-electron chi connectivity index (χ3n) is 4.49. The van der Waals surface area contributed by atoms with Crippen molar-refractivity contribution in [3.8, 4) is 11.5 Å². The number of benzene rings is 1. The van der Waals surface area contributed by atoms with Gasteiger partial charge in [0.15, 0.2) is 0 Å². The van der Waals surface area contributed by atoms with E-state index in [0.29, 0.717) is 5.92 Å². The van der Waals surface area contributed by atoms with Crippen LogP contribution >= 0.6 is 0 Å². The van der Waals surface area contributed by atoms with Gasteiger partial charge in [-0.25, -0.2) is 0 Å². The number of fused-ring (bicyclic) bond motifs is 1. The molecule has 0 aromatic heterocycles. The highest BCUT2D eigenvalue weighted by molar-refractivity contribution is 5.49. The molecule has 21 heavy (non-hydrogen) atoms. The Morgan fingerprint density at radius 2 is 2.05 bits per heavy atom. The molecule has 1 heterocycles. The summed E-state index contributed by atoms with van der Waals surface area (Å²) in [6, 6.07) is 6.45. The van der Waals surface area contributed by atoms with Crippen molar-refractivity contribution in [1.82, 2.24) is 5.32 Å². The fraction of sp³-hybridized carbons (Fsp3) is 0.667. The number of rotatable bonds is 6. The Morgan fingerprint density at radius 1 is 1.33 bits per heavy atom. The van der Waals surface area contributed by atoms with Crippen LogP contribution in [0.25, 0.3) is 0 Å². The maximum atomic E-state index is 6.38. The molecule has 1 aliphatic rings. The highest BCUT2D eigenvalue weighted by Gasteiger charge is 2.39. The average Bonchev–Trinajstić information content (AvgIpc) is 2.51. The number of hydrogen-bond donors (Lipinski definition) is 1. The SMILES string of the molecule is CCC1(CC)CC(NC)c2c(OCC(C)C)cccc2O1. The first-order valence-corrected chi connectivity index (χ1v) is 8.17. The van der Waals surface area contributed by atoms with Gasteiger partial charge in [0.05, 0.1) is 12.2 Å². The van der Waals surface area contributed by atoms with Crippen molar-refractivity contribution in [2.45, 2.75) is 58.6 Å². The zero-order valence-electron chi connectivity index (χ0n) is 14.0. The van der Waals surface area contributed by atoms with E-state index in [9.17, 15) is 0 Å². The van der Waals surface area contributed by atoms with Crippen LogP contribution in [0.3, 0.4) is 0 Å². The fourth-order valence-corrected chi connectivity index (χ4v) is 3.02. The molecule has 0 radical (unpaired) electrons. The zero-order valence-corrected chi connectivity index (χ0v) is 14.0. The first-order chi connectivity index (χ1) is 10.0. The van der Waals surface area contributed by atoms with Crippen molar-refractivity contribution < 1.29 is 9.47 Å². The van der Waals surface area contributed by atoms with Gasteiger partial charge in [-0.3, -0.25) is 0 Å². The number of ether oxygens (including phenoxy) is 2. The Hall–Kier alpha value is -1.22. The second-order valence-corrected chi connectivity index (χ2v) is 6.41. The lowest BCUT2D eigenvalue weighted by atomic mass is 9.83. The van der Waals surface area contributed by atoms with Crippen LogP contribution in [-0.2, 0) is 0 Å². The van der Waals surface area contributed by atoms with E-state index in [1.807, 2.05) is 13.1 Å². The minimum absolute atomic E-state index is 0.0582. The van der Waals surface area contributed by atoms with E-state index in [2.05, 4.69) is 45.1 Å². The van der Waals surface area contributed by atoms with Gasteiger partial charge < -0.3 is 14.8 Å². The van der Waals surface area contributed by atoms with E-state index in [4.69, 9.17) is 9.47 Å². The van der Waals surface area contributed by atoms with Gasteiger partial charge in [0, 0.05) is 12.5 Å². The topological polar surface area (TPSA) is 30.5 Å². The van der Waals surface area contributed by atoms with Crippen LogP contribution in [0.4, 0.5) is 0 Å². The van der Waals surface area contributed by atoms with Crippen LogP contribution in [0, 0.1) is 5.92 Å². The Kier molecular flexibility index (Phi) is 5.15. The molecule has 1 atom stereocenters. The van der Waals surface area contributed by atoms with Gasteiger partial charge in [0.1, 0.15) is 17.1 Å². The van der Waals surface area contributed by atoms with Gasteiger partial charge in [0.25, 0.3) is 0 Å². The van der Waals surface area contributed by atoms with Crippen LogP contribution in [0.2, 0.25) is 0 Å². The normalized spacial score (nSPS) is 20.0. The second-order valence-electron chi connectivity index (χ2n) is 6.41. The first kappa shape index (κ1) is 16.2. The van der Waals surface area contributed by atoms with Crippen molar-refractivity contribution in [2.24, 2.45) is 5.92 Å². The lowest BCUT2D eigenvalue weighted by molar-refractivity contribution is 0.0227.